The van der Waals surface area contributed by atoms with Crippen molar-refractivity contribution in [3.8, 4) is 0 Å². The van der Waals surface area contributed by atoms with Gasteiger partial charge in [0.15, 0.2) is 0 Å². The smallest absolute Gasteiger partial charge is 0.268 e. The molecule has 0 spiro atoms. The van der Waals surface area contributed by atoms with E-state index < -0.39 is 16.7 Å². The van der Waals surface area contributed by atoms with Crippen molar-refractivity contribution in [3.63, 3.8) is 0 Å². The minimum Gasteiger partial charge on any atom is -0.268 e. The summed E-state index contributed by atoms with van der Waals surface area (Å²) in [5.74, 6) is -0.936. The van der Waals surface area contributed by atoms with Crippen LogP contribution >= 0.6 is 34.2 Å². The van der Waals surface area contributed by atoms with Crippen molar-refractivity contribution < 1.29 is 14.5 Å². The molecular weight excluding hydrogens is 435 g/mol. The van der Waals surface area contributed by atoms with Gasteiger partial charge < -0.3 is 0 Å². The van der Waals surface area contributed by atoms with Crippen molar-refractivity contribution >= 4 is 57.4 Å². The molecule has 2 amide bonds. The van der Waals surface area contributed by atoms with Gasteiger partial charge in [-0.2, -0.15) is 0 Å². The molecule has 8 heteroatoms. The van der Waals surface area contributed by atoms with Crippen molar-refractivity contribution in [3.05, 3.63) is 68.2 Å². The highest BCUT2D eigenvalue weighted by atomic mass is 127. The number of halogens is 2. The van der Waals surface area contributed by atoms with Crippen LogP contribution < -0.4 is 4.90 Å². The number of imide groups is 1. The zero-order valence-electron chi connectivity index (χ0n) is 11.5. The van der Waals surface area contributed by atoms with E-state index in [2.05, 4.69) is 0 Å². The predicted octanol–water partition coefficient (Wildman–Crippen LogP) is 3.98. The molecule has 1 heterocycles. The van der Waals surface area contributed by atoms with Crippen LogP contribution in [0.3, 0.4) is 0 Å². The molecule has 0 N–H and O–H groups in total. The number of nitrogens with zero attached hydrogens (tertiary/aromatic N) is 2. The van der Waals surface area contributed by atoms with E-state index in [-0.39, 0.29) is 16.8 Å². The van der Waals surface area contributed by atoms with Gasteiger partial charge in [-0.15, -0.1) is 0 Å². The number of fused-ring (bicyclic) bond motifs is 1. The first kappa shape index (κ1) is 15.9. The van der Waals surface area contributed by atoms with Gasteiger partial charge in [0, 0.05) is 21.6 Å². The summed E-state index contributed by atoms with van der Waals surface area (Å²) in [7, 11) is 0. The van der Waals surface area contributed by atoms with Crippen molar-refractivity contribution in [1.29, 1.82) is 0 Å². The van der Waals surface area contributed by atoms with Crippen LogP contribution in [0.1, 0.15) is 26.3 Å². The maximum atomic E-state index is 12.6. The molecule has 0 aromatic heterocycles. The number of hydrogen-bond acceptors (Lipinski definition) is 4. The van der Waals surface area contributed by atoms with Gasteiger partial charge in [0.1, 0.15) is 0 Å². The summed E-state index contributed by atoms with van der Waals surface area (Å²) in [5.41, 5.74) is 1.32. The Kier molecular flexibility index (Phi) is 4.07. The first-order valence-corrected chi connectivity index (χ1v) is 8.36. The summed E-state index contributed by atoms with van der Waals surface area (Å²) in [6.45, 7) is 0. The number of nitro benzene ring substituents is 1. The highest BCUT2D eigenvalue weighted by molar-refractivity contribution is 14.1. The molecule has 1 aliphatic heterocycles. The third kappa shape index (κ3) is 2.59. The Morgan fingerprint density at radius 1 is 1.09 bits per heavy atom. The molecule has 1 aliphatic rings. The van der Waals surface area contributed by atoms with E-state index in [1.807, 2.05) is 22.6 Å². The molecule has 0 saturated heterocycles. The molecular formula is C15H8ClIN2O4. The van der Waals surface area contributed by atoms with Gasteiger partial charge in [0.05, 0.1) is 21.7 Å². The molecule has 0 unspecified atom stereocenters. The third-order valence-corrected chi connectivity index (χ3v) is 4.56. The number of carbonyl (C=O) groups is 2. The van der Waals surface area contributed by atoms with Gasteiger partial charge in [-0.05, 0) is 29.8 Å². The van der Waals surface area contributed by atoms with Gasteiger partial charge in [0.2, 0.25) is 0 Å². The summed E-state index contributed by atoms with van der Waals surface area (Å²) >= 11 is 7.92. The maximum Gasteiger partial charge on any atom is 0.269 e. The summed E-state index contributed by atoms with van der Waals surface area (Å²) in [6, 6.07) is 8.58. The van der Waals surface area contributed by atoms with Gasteiger partial charge in [-0.3, -0.25) is 19.7 Å². The number of nitro groups is 1. The zero-order valence-corrected chi connectivity index (χ0v) is 14.4. The third-order valence-electron chi connectivity index (χ3n) is 3.51. The lowest BCUT2D eigenvalue weighted by molar-refractivity contribution is -0.384. The lowest BCUT2D eigenvalue weighted by Crippen LogP contribution is -2.30. The molecule has 23 heavy (non-hydrogen) atoms. The Morgan fingerprint density at radius 3 is 2.43 bits per heavy atom. The van der Waals surface area contributed by atoms with E-state index in [4.69, 9.17) is 11.6 Å². The topological polar surface area (TPSA) is 80.5 Å². The van der Waals surface area contributed by atoms with Gasteiger partial charge in [0.25, 0.3) is 17.5 Å². The Morgan fingerprint density at radius 2 is 1.78 bits per heavy atom. The fraction of sp³-hybridized carbons (Fsp3) is 0.0667. The van der Waals surface area contributed by atoms with Crippen LogP contribution in [0.25, 0.3) is 0 Å². The maximum absolute atomic E-state index is 12.6. The highest BCUT2D eigenvalue weighted by Crippen LogP contribution is 2.34. The second-order valence-electron chi connectivity index (χ2n) is 4.84. The minimum atomic E-state index is -0.512. The summed E-state index contributed by atoms with van der Waals surface area (Å²) in [5, 5.41) is 11.3. The zero-order chi connectivity index (χ0) is 16.7. The SMILES string of the molecule is O=C1c2ccc(Cl)cc2C(=O)N1c1ccc([N+](=O)[O-])cc1CI. The number of carbonyl (C=O) groups excluding carboxylic acids is 2. The van der Waals surface area contributed by atoms with Crippen LogP contribution in [-0.4, -0.2) is 16.7 Å². The molecule has 0 fully saturated rings. The number of amides is 2. The Balaban J connectivity index is 2.12. The molecule has 0 bridgehead atoms. The summed E-state index contributed by atoms with van der Waals surface area (Å²) < 4.78 is 0.420. The Labute approximate surface area is 149 Å². The van der Waals surface area contributed by atoms with Gasteiger partial charge in [-0.25, -0.2) is 4.90 Å². The molecule has 0 aliphatic carbocycles. The number of hydrogen-bond donors (Lipinski definition) is 0. The Hall–Kier alpha value is -2.00. The second-order valence-corrected chi connectivity index (χ2v) is 6.04. The number of alkyl halides is 1. The predicted molar refractivity (Wildman–Crippen MR) is 93.4 cm³/mol. The van der Waals surface area contributed by atoms with E-state index in [1.54, 1.807) is 6.07 Å². The fourth-order valence-electron chi connectivity index (χ4n) is 2.44. The number of anilines is 1. The van der Waals surface area contributed by atoms with E-state index in [0.29, 0.717) is 20.7 Å². The molecule has 0 atom stereocenters. The molecule has 0 radical (unpaired) electrons. The molecule has 2 aromatic rings. The monoisotopic (exact) mass is 442 g/mol. The van der Waals surface area contributed by atoms with Crippen molar-refractivity contribution in [1.82, 2.24) is 0 Å². The minimum absolute atomic E-state index is 0.0833. The number of non-ortho nitro benzene ring substituents is 1. The van der Waals surface area contributed by atoms with Crippen LogP contribution in [0.15, 0.2) is 36.4 Å². The van der Waals surface area contributed by atoms with Crippen LogP contribution in [0, 0.1) is 10.1 Å². The van der Waals surface area contributed by atoms with Crippen molar-refractivity contribution in [2.45, 2.75) is 4.43 Å². The Bertz CT molecular complexity index is 869. The largest absolute Gasteiger partial charge is 0.269 e. The van der Waals surface area contributed by atoms with E-state index in [1.165, 1.54) is 30.3 Å². The van der Waals surface area contributed by atoms with Gasteiger partial charge >= 0.3 is 0 Å². The normalized spacial score (nSPS) is 13.4. The fourth-order valence-corrected chi connectivity index (χ4v) is 3.23. The van der Waals surface area contributed by atoms with Crippen molar-refractivity contribution in [2.24, 2.45) is 0 Å². The lowest BCUT2D eigenvalue weighted by atomic mass is 10.1. The van der Waals surface area contributed by atoms with Crippen LogP contribution in [0.4, 0.5) is 11.4 Å². The average molecular weight is 443 g/mol. The molecule has 6 nitrogen and oxygen atoms in total. The molecule has 2 aromatic carbocycles. The lowest BCUT2D eigenvalue weighted by Gasteiger charge is -2.17. The van der Waals surface area contributed by atoms with E-state index >= 15 is 0 Å². The van der Waals surface area contributed by atoms with Crippen LogP contribution in [-0.2, 0) is 4.43 Å². The average Bonchev–Trinajstić information content (AvgIpc) is 2.77. The first-order valence-electron chi connectivity index (χ1n) is 6.45. The highest BCUT2D eigenvalue weighted by Gasteiger charge is 2.37. The van der Waals surface area contributed by atoms with E-state index in [0.717, 1.165) is 4.90 Å². The number of benzene rings is 2. The number of rotatable bonds is 3. The van der Waals surface area contributed by atoms with E-state index in [9.17, 15) is 19.7 Å². The molecule has 116 valence electrons. The molecule has 3 rings (SSSR count). The quantitative estimate of drug-likeness (QED) is 0.237. The van der Waals surface area contributed by atoms with Gasteiger partial charge in [-0.1, -0.05) is 34.2 Å². The standard InChI is InChI=1S/C15H8ClIN2O4/c16-9-1-3-11-12(6-9)15(21)18(14(11)20)13-4-2-10(19(22)23)5-8(13)7-17/h1-6H,7H2. The summed E-state index contributed by atoms with van der Waals surface area (Å²) in [6.07, 6.45) is 0. The van der Waals surface area contributed by atoms with Crippen LogP contribution in [0.2, 0.25) is 5.02 Å². The second kappa shape index (κ2) is 5.89. The summed E-state index contributed by atoms with van der Waals surface area (Å²) in [4.78, 5) is 36.5. The molecule has 0 saturated carbocycles. The van der Waals surface area contributed by atoms with Crippen molar-refractivity contribution in [2.75, 3.05) is 4.90 Å². The first-order chi connectivity index (χ1) is 10.9. The van der Waals surface area contributed by atoms with Crippen LogP contribution in [0.5, 0.6) is 0 Å².